The van der Waals surface area contributed by atoms with Gasteiger partial charge in [-0.15, -0.1) is 12.4 Å². The monoisotopic (exact) mass is 481 g/mol. The summed E-state index contributed by atoms with van der Waals surface area (Å²) >= 11 is 0. The van der Waals surface area contributed by atoms with Crippen molar-refractivity contribution >= 4 is 18.4 Å². The number of rotatable bonds is 20. The van der Waals surface area contributed by atoms with Gasteiger partial charge in [-0.25, -0.2) is 0 Å². The number of hydrogen-bond donors (Lipinski definition) is 1. The molecule has 0 radical (unpaired) electrons. The fourth-order valence-electron chi connectivity index (χ4n) is 4.35. The van der Waals surface area contributed by atoms with Crippen molar-refractivity contribution in [1.29, 1.82) is 0 Å². The van der Waals surface area contributed by atoms with Crippen LogP contribution in [0.5, 0.6) is 0 Å². The van der Waals surface area contributed by atoms with E-state index in [0.29, 0.717) is 6.42 Å². The fourth-order valence-corrected chi connectivity index (χ4v) is 4.35. The van der Waals surface area contributed by atoms with Gasteiger partial charge in [0.1, 0.15) is 6.10 Å². The molecule has 1 atom stereocenters. The molecule has 192 valence electrons. The van der Waals surface area contributed by atoms with Gasteiger partial charge in [0.25, 0.3) is 0 Å². The number of nitrogens with one attached hydrogen (secondary N) is 1. The van der Waals surface area contributed by atoms with Gasteiger partial charge < -0.3 is 10.1 Å². The van der Waals surface area contributed by atoms with Crippen LogP contribution in [-0.4, -0.2) is 24.2 Å². The highest BCUT2D eigenvalue weighted by Gasteiger charge is 2.24. The van der Waals surface area contributed by atoms with Crippen molar-refractivity contribution in [3.63, 3.8) is 0 Å². The molecule has 1 rings (SSSR count). The highest BCUT2D eigenvalue weighted by Crippen LogP contribution is 2.23. The molecule has 33 heavy (non-hydrogen) atoms. The Hall–Kier alpha value is -1.06. The zero-order valence-corrected chi connectivity index (χ0v) is 22.8. The second-order valence-corrected chi connectivity index (χ2v) is 9.94. The summed E-state index contributed by atoms with van der Waals surface area (Å²) in [4.78, 5) is 12.3. The van der Waals surface area contributed by atoms with E-state index < -0.39 is 0 Å². The highest BCUT2D eigenvalue weighted by atomic mass is 35.5. The Balaban J connectivity index is 0.0000102. The maximum Gasteiger partial charge on any atom is 0.310 e. The lowest BCUT2D eigenvalue weighted by atomic mass is 9.87. The largest absolute Gasteiger partial charge is 0.461 e. The Kier molecular flexibility index (Phi) is 19.7. The molecule has 0 heterocycles. The summed E-state index contributed by atoms with van der Waals surface area (Å²) in [5.41, 5.74) is 1.14. The van der Waals surface area contributed by atoms with Crippen molar-refractivity contribution in [3.05, 3.63) is 35.9 Å². The van der Waals surface area contributed by atoms with Crippen molar-refractivity contribution < 1.29 is 9.53 Å². The van der Waals surface area contributed by atoms with Gasteiger partial charge in [0.2, 0.25) is 0 Å². The first kappa shape index (κ1) is 31.9. The van der Waals surface area contributed by atoms with Crippen LogP contribution < -0.4 is 5.32 Å². The average molecular weight is 482 g/mol. The summed E-state index contributed by atoms with van der Waals surface area (Å²) in [6.45, 7) is 9.66. The molecule has 3 nitrogen and oxygen atoms in total. The fraction of sp³-hybridized carbons (Fsp3) is 0.759. The van der Waals surface area contributed by atoms with E-state index in [9.17, 15) is 4.79 Å². The van der Waals surface area contributed by atoms with Crippen LogP contribution in [0.1, 0.15) is 123 Å². The third kappa shape index (κ3) is 17.1. The number of esters is 1. The molecule has 0 saturated carbocycles. The standard InChI is InChI=1S/C29H51NO2.ClH/c1-5-7-9-11-13-18-22-29(4,23-19-14-12-10-8-6-2)30-25-26(3)32-28(31)24-27-20-16-15-17-21-27;/h15-17,20-21,26,30H,5-14,18-19,22-25H2,1-4H3;1H. The number of carbonyl (C=O) groups excluding carboxylic acids is 1. The summed E-state index contributed by atoms with van der Waals surface area (Å²) < 4.78 is 5.69. The molecule has 0 aromatic heterocycles. The predicted molar refractivity (Wildman–Crippen MR) is 145 cm³/mol. The van der Waals surface area contributed by atoms with E-state index in [1.165, 1.54) is 89.9 Å². The van der Waals surface area contributed by atoms with Crippen molar-refractivity contribution in [2.24, 2.45) is 0 Å². The Morgan fingerprint density at radius 2 is 1.33 bits per heavy atom. The topological polar surface area (TPSA) is 38.3 Å². The molecule has 0 bridgehead atoms. The summed E-state index contributed by atoms with van der Waals surface area (Å²) in [6, 6.07) is 9.84. The Morgan fingerprint density at radius 3 is 1.85 bits per heavy atom. The van der Waals surface area contributed by atoms with E-state index >= 15 is 0 Å². The van der Waals surface area contributed by atoms with Gasteiger partial charge in [0, 0.05) is 12.1 Å². The van der Waals surface area contributed by atoms with Gasteiger partial charge in [0.05, 0.1) is 6.42 Å². The SMILES string of the molecule is CCCCCCCCC(C)(CCCCCCCC)NCC(C)OC(=O)Cc1ccccc1.Cl. The molecule has 0 spiro atoms. The van der Waals surface area contributed by atoms with E-state index in [0.717, 1.165) is 12.1 Å². The molecule has 1 aromatic rings. The zero-order valence-electron chi connectivity index (χ0n) is 22.0. The van der Waals surface area contributed by atoms with Crippen LogP contribution in [0.3, 0.4) is 0 Å². The first-order valence-corrected chi connectivity index (χ1v) is 13.5. The lowest BCUT2D eigenvalue weighted by molar-refractivity contribution is -0.147. The molecular formula is C29H52ClNO2. The minimum absolute atomic E-state index is 0. The third-order valence-corrected chi connectivity index (χ3v) is 6.50. The van der Waals surface area contributed by atoms with Crippen LogP contribution in [0.15, 0.2) is 30.3 Å². The molecule has 0 aliphatic heterocycles. The minimum atomic E-state index is -0.140. The van der Waals surface area contributed by atoms with Crippen LogP contribution in [0, 0.1) is 0 Å². The Labute approximate surface area is 211 Å². The van der Waals surface area contributed by atoms with Crippen molar-refractivity contribution in [2.45, 2.75) is 136 Å². The van der Waals surface area contributed by atoms with Crippen molar-refractivity contribution in [1.82, 2.24) is 5.32 Å². The van der Waals surface area contributed by atoms with E-state index in [1.54, 1.807) is 0 Å². The summed E-state index contributed by atoms with van der Waals surface area (Å²) in [6.07, 6.45) is 18.6. The summed E-state index contributed by atoms with van der Waals surface area (Å²) in [5, 5.41) is 3.79. The smallest absolute Gasteiger partial charge is 0.310 e. The molecule has 0 aliphatic carbocycles. The van der Waals surface area contributed by atoms with Gasteiger partial charge in [0.15, 0.2) is 0 Å². The summed E-state index contributed by atoms with van der Waals surface area (Å²) in [7, 11) is 0. The molecule has 0 fully saturated rings. The highest BCUT2D eigenvalue weighted by molar-refractivity contribution is 5.85. The minimum Gasteiger partial charge on any atom is -0.461 e. The van der Waals surface area contributed by atoms with Crippen LogP contribution in [0.4, 0.5) is 0 Å². The first-order chi connectivity index (χ1) is 15.5. The first-order valence-electron chi connectivity index (χ1n) is 13.5. The maximum atomic E-state index is 12.3. The van der Waals surface area contributed by atoms with Gasteiger partial charge in [-0.05, 0) is 32.3 Å². The number of carbonyl (C=O) groups is 1. The second-order valence-electron chi connectivity index (χ2n) is 9.94. The van der Waals surface area contributed by atoms with Gasteiger partial charge in [-0.3, -0.25) is 4.79 Å². The number of ether oxygens (including phenoxy) is 1. The number of unbranched alkanes of at least 4 members (excludes halogenated alkanes) is 10. The molecular weight excluding hydrogens is 430 g/mol. The number of benzene rings is 1. The average Bonchev–Trinajstić information content (AvgIpc) is 2.78. The third-order valence-electron chi connectivity index (χ3n) is 6.50. The molecule has 1 N–H and O–H groups in total. The van der Waals surface area contributed by atoms with Crippen LogP contribution in [-0.2, 0) is 16.0 Å². The van der Waals surface area contributed by atoms with E-state index in [1.807, 2.05) is 37.3 Å². The molecule has 1 unspecified atom stereocenters. The zero-order chi connectivity index (χ0) is 23.5. The molecule has 0 aliphatic rings. The molecule has 0 saturated heterocycles. The summed E-state index contributed by atoms with van der Waals surface area (Å²) in [5.74, 6) is -0.140. The van der Waals surface area contributed by atoms with Gasteiger partial charge >= 0.3 is 5.97 Å². The van der Waals surface area contributed by atoms with Crippen LogP contribution in [0.25, 0.3) is 0 Å². The normalized spacial score (nSPS) is 12.2. The molecule has 4 heteroatoms. The lowest BCUT2D eigenvalue weighted by Crippen LogP contribution is -2.46. The van der Waals surface area contributed by atoms with Crippen LogP contribution >= 0.6 is 12.4 Å². The Morgan fingerprint density at radius 1 is 0.848 bits per heavy atom. The van der Waals surface area contributed by atoms with Crippen LogP contribution in [0.2, 0.25) is 0 Å². The Bertz CT molecular complexity index is 562. The molecule has 0 amide bonds. The van der Waals surface area contributed by atoms with Gasteiger partial charge in [-0.1, -0.05) is 121 Å². The maximum absolute atomic E-state index is 12.3. The van der Waals surface area contributed by atoms with E-state index in [-0.39, 0.29) is 30.0 Å². The number of hydrogen-bond acceptors (Lipinski definition) is 3. The van der Waals surface area contributed by atoms with E-state index in [4.69, 9.17) is 4.74 Å². The predicted octanol–water partition coefficient (Wildman–Crippen LogP) is 8.43. The molecule has 1 aromatic carbocycles. The number of halogens is 1. The van der Waals surface area contributed by atoms with Crippen molar-refractivity contribution in [2.75, 3.05) is 6.54 Å². The van der Waals surface area contributed by atoms with Gasteiger partial charge in [-0.2, -0.15) is 0 Å². The quantitative estimate of drug-likeness (QED) is 0.150. The second kappa shape index (κ2) is 20.3. The van der Waals surface area contributed by atoms with Crippen molar-refractivity contribution in [3.8, 4) is 0 Å². The lowest BCUT2D eigenvalue weighted by Gasteiger charge is -2.33. The van der Waals surface area contributed by atoms with E-state index in [2.05, 4.69) is 26.1 Å².